The third kappa shape index (κ3) is 2.87. The van der Waals surface area contributed by atoms with Gasteiger partial charge in [0, 0.05) is 35.2 Å². The van der Waals surface area contributed by atoms with Crippen molar-refractivity contribution in [3.8, 4) is 0 Å². The quantitative estimate of drug-likeness (QED) is 0.576. The number of hydrogen-bond donors (Lipinski definition) is 0. The number of nitrogens with zero attached hydrogens (tertiary/aromatic N) is 2. The van der Waals surface area contributed by atoms with E-state index in [2.05, 4.69) is 0 Å². The molecular formula is C22H17ClN2O. The molecule has 0 aromatic heterocycles. The molecular weight excluding hydrogens is 344 g/mol. The normalized spacial score (nSPS) is 14.6. The van der Waals surface area contributed by atoms with E-state index in [1.54, 1.807) is 17.0 Å². The molecule has 3 nitrogen and oxygen atoms in total. The van der Waals surface area contributed by atoms with E-state index in [4.69, 9.17) is 11.6 Å². The Hall–Kier alpha value is -3.04. The molecule has 0 saturated heterocycles. The lowest BCUT2D eigenvalue weighted by atomic mass is 10.1. The summed E-state index contributed by atoms with van der Waals surface area (Å²) in [6.45, 7) is 0. The van der Waals surface area contributed by atoms with Gasteiger partial charge in [-0.1, -0.05) is 48.0 Å². The zero-order valence-corrected chi connectivity index (χ0v) is 15.0. The maximum atomic E-state index is 13.2. The molecule has 4 heteroatoms. The summed E-state index contributed by atoms with van der Waals surface area (Å²) in [5.41, 5.74) is 4.30. The lowest BCUT2D eigenvalue weighted by Gasteiger charge is -2.18. The molecule has 26 heavy (non-hydrogen) atoms. The van der Waals surface area contributed by atoms with Crippen LogP contribution in [0.25, 0.3) is 5.57 Å². The molecule has 1 aliphatic heterocycles. The number of anilines is 3. The van der Waals surface area contributed by atoms with E-state index in [1.807, 2.05) is 84.9 Å². The zero-order chi connectivity index (χ0) is 18.1. The second-order valence-corrected chi connectivity index (χ2v) is 6.56. The van der Waals surface area contributed by atoms with Crippen LogP contribution in [-0.4, -0.2) is 13.0 Å². The van der Waals surface area contributed by atoms with E-state index in [0.717, 1.165) is 22.6 Å². The number of benzene rings is 3. The van der Waals surface area contributed by atoms with E-state index < -0.39 is 0 Å². The van der Waals surface area contributed by atoms with Crippen LogP contribution in [0.1, 0.15) is 5.56 Å². The first kappa shape index (κ1) is 16.4. The summed E-state index contributed by atoms with van der Waals surface area (Å²) < 4.78 is 0. The van der Waals surface area contributed by atoms with E-state index in [-0.39, 0.29) is 5.91 Å². The Morgan fingerprint density at radius 1 is 0.885 bits per heavy atom. The van der Waals surface area contributed by atoms with Gasteiger partial charge in [0.05, 0.1) is 11.3 Å². The molecule has 0 radical (unpaired) electrons. The fraction of sp³-hybridized carbons (Fsp3) is 0.0455. The van der Waals surface area contributed by atoms with Crippen LogP contribution in [0.2, 0.25) is 5.02 Å². The number of fused-ring (bicyclic) bond motifs is 1. The van der Waals surface area contributed by atoms with Crippen molar-refractivity contribution in [2.75, 3.05) is 16.8 Å². The van der Waals surface area contributed by atoms with Gasteiger partial charge in [0.25, 0.3) is 5.91 Å². The van der Waals surface area contributed by atoms with Crippen molar-refractivity contribution in [1.29, 1.82) is 0 Å². The molecule has 3 aromatic carbocycles. The predicted molar refractivity (Wildman–Crippen MR) is 108 cm³/mol. The summed E-state index contributed by atoms with van der Waals surface area (Å²) in [4.78, 5) is 16.9. The molecule has 0 fully saturated rings. The fourth-order valence-corrected chi connectivity index (χ4v) is 3.27. The topological polar surface area (TPSA) is 23.6 Å². The molecule has 1 aliphatic rings. The number of amides is 1. The minimum absolute atomic E-state index is 0.0451. The second-order valence-electron chi connectivity index (χ2n) is 6.12. The van der Waals surface area contributed by atoms with Crippen LogP contribution in [0.5, 0.6) is 0 Å². The molecule has 0 bridgehead atoms. The van der Waals surface area contributed by atoms with Gasteiger partial charge in [0.1, 0.15) is 0 Å². The van der Waals surface area contributed by atoms with Crippen molar-refractivity contribution in [1.82, 2.24) is 0 Å². The molecule has 0 saturated carbocycles. The molecule has 0 N–H and O–H groups in total. The van der Waals surface area contributed by atoms with E-state index in [9.17, 15) is 4.79 Å². The van der Waals surface area contributed by atoms with Crippen LogP contribution in [0.4, 0.5) is 17.1 Å². The first-order valence-corrected chi connectivity index (χ1v) is 8.72. The van der Waals surface area contributed by atoms with E-state index in [0.29, 0.717) is 10.6 Å². The molecule has 0 aliphatic carbocycles. The van der Waals surface area contributed by atoms with E-state index >= 15 is 0 Å². The first-order valence-electron chi connectivity index (χ1n) is 8.34. The van der Waals surface area contributed by atoms with Crippen molar-refractivity contribution in [3.05, 3.63) is 95.6 Å². The lowest BCUT2D eigenvalue weighted by Crippen LogP contribution is -2.21. The minimum atomic E-state index is -0.0451. The molecule has 3 aromatic rings. The van der Waals surface area contributed by atoms with Crippen molar-refractivity contribution in [3.63, 3.8) is 0 Å². The van der Waals surface area contributed by atoms with Gasteiger partial charge in [-0.3, -0.25) is 9.69 Å². The fourth-order valence-electron chi connectivity index (χ4n) is 3.14. The van der Waals surface area contributed by atoms with Gasteiger partial charge in [0.2, 0.25) is 0 Å². The van der Waals surface area contributed by atoms with Crippen molar-refractivity contribution in [2.45, 2.75) is 0 Å². The Morgan fingerprint density at radius 3 is 2.27 bits per heavy atom. The summed E-state index contributed by atoms with van der Waals surface area (Å²) in [7, 11) is 1.95. The third-order valence-corrected chi connectivity index (χ3v) is 4.69. The standard InChI is InChI=1S/C22H17ClN2O/c1-24(17-7-3-2-4-8-17)15-20-19-9-5-6-10-21(19)25(22(20)26)18-13-11-16(23)12-14-18/h2-15H,1H3. The van der Waals surface area contributed by atoms with Crippen molar-refractivity contribution < 1.29 is 4.79 Å². The monoisotopic (exact) mass is 360 g/mol. The zero-order valence-electron chi connectivity index (χ0n) is 14.3. The SMILES string of the molecule is CN(C=C1C(=O)N(c2ccc(Cl)cc2)c2ccccc21)c1ccccc1. The highest BCUT2D eigenvalue weighted by Crippen LogP contribution is 2.41. The molecule has 0 atom stereocenters. The lowest BCUT2D eigenvalue weighted by molar-refractivity contribution is -0.112. The summed E-state index contributed by atoms with van der Waals surface area (Å²) in [6, 6.07) is 25.1. The van der Waals surface area contributed by atoms with Crippen LogP contribution in [-0.2, 0) is 4.79 Å². The number of para-hydroxylation sites is 2. The first-order chi connectivity index (χ1) is 12.6. The Balaban J connectivity index is 1.79. The number of halogens is 1. The number of hydrogen-bond acceptors (Lipinski definition) is 2. The maximum Gasteiger partial charge on any atom is 0.265 e. The Labute approximate surface area is 157 Å². The van der Waals surface area contributed by atoms with Crippen molar-refractivity contribution >= 4 is 40.1 Å². The average Bonchev–Trinajstić information content (AvgIpc) is 2.95. The highest BCUT2D eigenvalue weighted by Gasteiger charge is 2.33. The molecule has 1 heterocycles. The Kier molecular flexibility index (Phi) is 4.23. The molecule has 4 rings (SSSR count). The summed E-state index contributed by atoms with van der Waals surface area (Å²) >= 11 is 6.00. The minimum Gasteiger partial charge on any atom is -0.350 e. The highest BCUT2D eigenvalue weighted by molar-refractivity contribution is 6.35. The maximum absolute atomic E-state index is 13.2. The number of carbonyl (C=O) groups excluding carboxylic acids is 1. The third-order valence-electron chi connectivity index (χ3n) is 4.44. The highest BCUT2D eigenvalue weighted by atomic mass is 35.5. The largest absolute Gasteiger partial charge is 0.350 e. The molecule has 0 unspecified atom stereocenters. The van der Waals surface area contributed by atoms with Crippen LogP contribution in [0.15, 0.2) is 85.1 Å². The van der Waals surface area contributed by atoms with Crippen LogP contribution >= 0.6 is 11.6 Å². The summed E-state index contributed by atoms with van der Waals surface area (Å²) in [6.07, 6.45) is 1.90. The molecule has 128 valence electrons. The van der Waals surface area contributed by atoms with Gasteiger partial charge in [-0.2, -0.15) is 0 Å². The average molecular weight is 361 g/mol. The van der Waals surface area contributed by atoms with Crippen LogP contribution < -0.4 is 9.80 Å². The summed E-state index contributed by atoms with van der Waals surface area (Å²) in [5, 5.41) is 0.647. The molecule has 0 spiro atoms. The Morgan fingerprint density at radius 2 is 1.54 bits per heavy atom. The number of carbonyl (C=O) groups is 1. The van der Waals surface area contributed by atoms with Gasteiger partial charge in [-0.25, -0.2) is 0 Å². The van der Waals surface area contributed by atoms with E-state index in [1.165, 1.54) is 0 Å². The predicted octanol–water partition coefficient (Wildman–Crippen LogP) is 5.50. The smallest absolute Gasteiger partial charge is 0.265 e. The van der Waals surface area contributed by atoms with Gasteiger partial charge >= 0.3 is 0 Å². The second kappa shape index (κ2) is 6.70. The number of rotatable bonds is 3. The van der Waals surface area contributed by atoms with Crippen LogP contribution in [0, 0.1) is 0 Å². The van der Waals surface area contributed by atoms with Crippen molar-refractivity contribution in [2.24, 2.45) is 0 Å². The van der Waals surface area contributed by atoms with Crippen LogP contribution in [0.3, 0.4) is 0 Å². The molecule has 1 amide bonds. The van der Waals surface area contributed by atoms with Gasteiger partial charge < -0.3 is 4.90 Å². The summed E-state index contributed by atoms with van der Waals surface area (Å²) in [5.74, 6) is -0.0451. The Bertz CT molecular complexity index is 981. The van der Waals surface area contributed by atoms with Gasteiger partial charge in [-0.15, -0.1) is 0 Å². The van der Waals surface area contributed by atoms with Gasteiger partial charge in [-0.05, 0) is 42.5 Å². The van der Waals surface area contributed by atoms with Gasteiger partial charge in [0.15, 0.2) is 0 Å².